The third-order valence-electron chi connectivity index (χ3n) is 7.09. The van der Waals surface area contributed by atoms with Gasteiger partial charge in [-0.1, -0.05) is 12.6 Å². The van der Waals surface area contributed by atoms with Crippen LogP contribution in [-0.4, -0.2) is 69.1 Å². The fraction of sp³-hybridized carbons (Fsp3) is 0.370. The molecule has 3 aromatic rings. The molecular weight excluding hydrogens is 470 g/mol. The number of carbonyl (C=O) groups is 3. The first-order valence-electron chi connectivity index (χ1n) is 12.3. The molecule has 3 N–H and O–H groups in total. The fourth-order valence-corrected chi connectivity index (χ4v) is 4.76. The number of benzene rings is 1. The molecule has 1 aromatic carbocycles. The van der Waals surface area contributed by atoms with Crippen LogP contribution in [0.4, 0.5) is 11.5 Å². The normalized spacial score (nSPS) is 15.5. The SMILES string of the molecule is C=CC(=O)N1CCC[C@@H](c2nc(C(=O)Nc3ccc(CC(=O)N(C)C)c(C)c3C)c3c(N)nccn23)C1. The third kappa shape index (κ3) is 5.04. The molecule has 4 rings (SSSR count). The summed E-state index contributed by atoms with van der Waals surface area (Å²) in [4.78, 5) is 50.1. The highest BCUT2D eigenvalue weighted by atomic mass is 16.2. The van der Waals surface area contributed by atoms with E-state index in [2.05, 4.69) is 16.9 Å². The van der Waals surface area contributed by atoms with E-state index >= 15 is 0 Å². The van der Waals surface area contributed by atoms with E-state index in [0.29, 0.717) is 30.1 Å². The Labute approximate surface area is 216 Å². The number of likely N-dealkylation sites (N-methyl/N-ethyl adjacent to an activating group) is 1. The molecule has 1 saturated heterocycles. The van der Waals surface area contributed by atoms with Crippen LogP contribution in [0.5, 0.6) is 0 Å². The van der Waals surface area contributed by atoms with E-state index in [1.54, 1.807) is 46.8 Å². The average molecular weight is 504 g/mol. The molecule has 0 bridgehead atoms. The van der Waals surface area contributed by atoms with E-state index in [-0.39, 0.29) is 35.7 Å². The van der Waals surface area contributed by atoms with Crippen molar-refractivity contribution in [2.24, 2.45) is 0 Å². The summed E-state index contributed by atoms with van der Waals surface area (Å²) in [5.74, 6) is 0.290. The van der Waals surface area contributed by atoms with Crippen molar-refractivity contribution in [3.63, 3.8) is 0 Å². The molecule has 1 aliphatic heterocycles. The monoisotopic (exact) mass is 503 g/mol. The summed E-state index contributed by atoms with van der Waals surface area (Å²) in [6.07, 6.45) is 6.57. The number of nitrogens with zero attached hydrogens (tertiary/aromatic N) is 5. The Morgan fingerprint density at radius 2 is 2.00 bits per heavy atom. The topological polar surface area (TPSA) is 126 Å². The highest BCUT2D eigenvalue weighted by Gasteiger charge is 2.30. The van der Waals surface area contributed by atoms with Gasteiger partial charge in [0, 0.05) is 51.2 Å². The van der Waals surface area contributed by atoms with Crippen LogP contribution < -0.4 is 11.1 Å². The minimum Gasteiger partial charge on any atom is -0.382 e. The molecule has 3 heterocycles. The second-order valence-corrected chi connectivity index (χ2v) is 9.62. The van der Waals surface area contributed by atoms with Gasteiger partial charge in [-0.05, 0) is 55.5 Å². The van der Waals surface area contributed by atoms with Crippen LogP contribution in [0.1, 0.15) is 51.8 Å². The number of likely N-dealkylation sites (tertiary alicyclic amines) is 1. The summed E-state index contributed by atoms with van der Waals surface area (Å²) in [5, 5.41) is 2.97. The van der Waals surface area contributed by atoms with Gasteiger partial charge in [0.25, 0.3) is 5.91 Å². The van der Waals surface area contributed by atoms with Crippen molar-refractivity contribution in [2.75, 3.05) is 38.2 Å². The number of aromatic nitrogens is 3. The van der Waals surface area contributed by atoms with Gasteiger partial charge in [0.15, 0.2) is 5.69 Å². The summed E-state index contributed by atoms with van der Waals surface area (Å²) in [7, 11) is 3.45. The number of amides is 3. The van der Waals surface area contributed by atoms with Gasteiger partial charge in [-0.2, -0.15) is 0 Å². The number of nitrogens with one attached hydrogen (secondary N) is 1. The van der Waals surface area contributed by atoms with Crippen LogP contribution in [0.3, 0.4) is 0 Å². The van der Waals surface area contributed by atoms with Gasteiger partial charge in [0.05, 0.1) is 6.42 Å². The highest BCUT2D eigenvalue weighted by Crippen LogP contribution is 2.31. The Kier molecular flexibility index (Phi) is 7.28. The Bertz CT molecular complexity index is 1390. The zero-order valence-corrected chi connectivity index (χ0v) is 21.7. The predicted octanol–water partition coefficient (Wildman–Crippen LogP) is 2.70. The lowest BCUT2D eigenvalue weighted by Gasteiger charge is -2.31. The molecule has 0 saturated carbocycles. The van der Waals surface area contributed by atoms with Crippen LogP contribution in [0, 0.1) is 13.8 Å². The predicted molar refractivity (Wildman–Crippen MR) is 142 cm³/mol. The van der Waals surface area contributed by atoms with E-state index in [0.717, 1.165) is 29.5 Å². The van der Waals surface area contributed by atoms with Crippen molar-refractivity contribution in [3.05, 3.63) is 65.4 Å². The van der Waals surface area contributed by atoms with Gasteiger partial charge in [0.1, 0.15) is 17.2 Å². The number of carbonyl (C=O) groups excluding carboxylic acids is 3. The first-order valence-corrected chi connectivity index (χ1v) is 12.3. The van der Waals surface area contributed by atoms with Crippen molar-refractivity contribution >= 4 is 34.7 Å². The second-order valence-electron chi connectivity index (χ2n) is 9.62. The second kappa shape index (κ2) is 10.4. The van der Waals surface area contributed by atoms with Crippen LogP contribution in [0.25, 0.3) is 5.52 Å². The Hall–Kier alpha value is -4.21. The molecule has 194 valence electrons. The van der Waals surface area contributed by atoms with Crippen LogP contribution >= 0.6 is 0 Å². The summed E-state index contributed by atoms with van der Waals surface area (Å²) >= 11 is 0. The number of imidazole rings is 1. The molecule has 1 fully saturated rings. The molecule has 3 amide bonds. The third-order valence-corrected chi connectivity index (χ3v) is 7.09. The van der Waals surface area contributed by atoms with Crippen molar-refractivity contribution < 1.29 is 14.4 Å². The smallest absolute Gasteiger partial charge is 0.276 e. The summed E-state index contributed by atoms with van der Waals surface area (Å²) < 4.78 is 1.80. The Morgan fingerprint density at radius 1 is 1.24 bits per heavy atom. The lowest BCUT2D eigenvalue weighted by molar-refractivity contribution is -0.128. The van der Waals surface area contributed by atoms with Crippen molar-refractivity contribution in [1.29, 1.82) is 0 Å². The van der Waals surface area contributed by atoms with Crippen LogP contribution in [0.2, 0.25) is 0 Å². The highest BCUT2D eigenvalue weighted by molar-refractivity contribution is 6.09. The van der Waals surface area contributed by atoms with E-state index in [1.807, 2.05) is 19.9 Å². The summed E-state index contributed by atoms with van der Waals surface area (Å²) in [6.45, 7) is 8.59. The number of piperidine rings is 1. The minimum absolute atomic E-state index is 0.00957. The molecule has 0 spiro atoms. The van der Waals surface area contributed by atoms with Crippen molar-refractivity contribution in [3.8, 4) is 0 Å². The number of anilines is 2. The summed E-state index contributed by atoms with van der Waals surface area (Å²) in [5.41, 5.74) is 10.2. The largest absolute Gasteiger partial charge is 0.382 e. The first kappa shape index (κ1) is 25.9. The van der Waals surface area contributed by atoms with Gasteiger partial charge in [0.2, 0.25) is 11.8 Å². The number of fused-ring (bicyclic) bond motifs is 1. The number of rotatable bonds is 6. The van der Waals surface area contributed by atoms with Gasteiger partial charge in [-0.15, -0.1) is 0 Å². The maximum absolute atomic E-state index is 13.5. The number of nitrogen functional groups attached to an aromatic ring is 1. The van der Waals surface area contributed by atoms with Gasteiger partial charge in [-0.3, -0.25) is 18.8 Å². The summed E-state index contributed by atoms with van der Waals surface area (Å²) in [6, 6.07) is 3.67. The van der Waals surface area contributed by atoms with Crippen LogP contribution in [-0.2, 0) is 16.0 Å². The minimum atomic E-state index is -0.405. The average Bonchev–Trinajstić information content (AvgIpc) is 3.29. The quantitative estimate of drug-likeness (QED) is 0.498. The van der Waals surface area contributed by atoms with E-state index in [1.165, 1.54) is 6.08 Å². The molecule has 10 heteroatoms. The van der Waals surface area contributed by atoms with Crippen molar-refractivity contribution in [2.45, 2.75) is 39.0 Å². The molecule has 0 aliphatic carbocycles. The fourth-order valence-electron chi connectivity index (χ4n) is 4.76. The van der Waals surface area contributed by atoms with E-state index < -0.39 is 5.91 Å². The molecule has 0 unspecified atom stereocenters. The standard InChI is InChI=1S/C27H33N7O3/c1-6-21(35)33-12-7-8-19(15-33)26-31-23(24-25(28)29-11-13-34(24)26)27(37)30-20-10-9-18(16(2)17(20)3)14-22(36)32(4)5/h6,9-11,13,19H,1,7-8,12,14-15H2,2-5H3,(H2,28,29)(H,30,37)/t19-/m1/s1. The van der Waals surface area contributed by atoms with Gasteiger partial charge < -0.3 is 20.9 Å². The lowest BCUT2D eigenvalue weighted by atomic mass is 9.97. The molecule has 1 aliphatic rings. The molecule has 37 heavy (non-hydrogen) atoms. The maximum atomic E-state index is 13.5. The Balaban J connectivity index is 1.66. The van der Waals surface area contributed by atoms with E-state index in [4.69, 9.17) is 10.7 Å². The molecule has 1 atom stereocenters. The maximum Gasteiger partial charge on any atom is 0.276 e. The number of hydrogen-bond donors (Lipinski definition) is 2. The number of hydrogen-bond acceptors (Lipinski definition) is 6. The first-order chi connectivity index (χ1) is 17.6. The lowest BCUT2D eigenvalue weighted by Crippen LogP contribution is -2.38. The van der Waals surface area contributed by atoms with Crippen molar-refractivity contribution in [1.82, 2.24) is 24.2 Å². The molecule has 2 aromatic heterocycles. The van der Waals surface area contributed by atoms with Crippen LogP contribution in [0.15, 0.2) is 37.2 Å². The molecular formula is C27H33N7O3. The number of nitrogens with two attached hydrogens (primary N) is 1. The van der Waals surface area contributed by atoms with Gasteiger partial charge in [-0.25, -0.2) is 9.97 Å². The Morgan fingerprint density at radius 3 is 2.70 bits per heavy atom. The molecule has 0 radical (unpaired) electrons. The molecule has 10 nitrogen and oxygen atoms in total. The van der Waals surface area contributed by atoms with Gasteiger partial charge >= 0.3 is 0 Å². The zero-order valence-electron chi connectivity index (χ0n) is 21.7. The van der Waals surface area contributed by atoms with E-state index in [9.17, 15) is 14.4 Å². The zero-order chi connectivity index (χ0) is 26.9.